The summed E-state index contributed by atoms with van der Waals surface area (Å²) in [6.07, 6.45) is 1.78. The van der Waals surface area contributed by atoms with Crippen molar-refractivity contribution < 1.29 is 9.59 Å². The van der Waals surface area contributed by atoms with Gasteiger partial charge in [0.25, 0.3) is 11.8 Å². The van der Waals surface area contributed by atoms with E-state index in [2.05, 4.69) is 25.6 Å². The number of carbonyl (C=O) groups is 2. The third kappa shape index (κ3) is 2.37. The van der Waals surface area contributed by atoms with Crippen LogP contribution in [0.5, 0.6) is 0 Å². The van der Waals surface area contributed by atoms with Crippen LogP contribution in [0.3, 0.4) is 0 Å². The first-order valence-electron chi connectivity index (χ1n) is 6.55. The Balaban J connectivity index is 1.78. The Morgan fingerprint density at radius 1 is 1.52 bits per heavy atom. The number of aromatic amines is 1. The Bertz CT molecular complexity index is 676. The minimum atomic E-state index is -0.622. The van der Waals surface area contributed by atoms with Crippen molar-refractivity contribution in [3.63, 3.8) is 0 Å². The molecular weight excluding hydrogens is 274 g/mol. The van der Waals surface area contributed by atoms with Gasteiger partial charge in [-0.2, -0.15) is 5.10 Å². The number of amides is 2. The molecule has 1 aliphatic heterocycles. The second kappa shape index (κ2) is 5.00. The van der Waals surface area contributed by atoms with Crippen molar-refractivity contribution in [1.29, 1.82) is 0 Å². The molecule has 0 aliphatic carbocycles. The first kappa shape index (κ1) is 13.3. The third-order valence-electron chi connectivity index (χ3n) is 3.41. The molecule has 110 valence electrons. The van der Waals surface area contributed by atoms with Crippen LogP contribution in [0.1, 0.15) is 22.7 Å². The number of hydrogen-bond donors (Lipinski definition) is 2. The fraction of sp³-hybridized carbons (Fsp3) is 0.417. The predicted octanol–water partition coefficient (Wildman–Crippen LogP) is -0.525. The summed E-state index contributed by atoms with van der Waals surface area (Å²) in [5.41, 5.74) is 0.854. The molecule has 2 aromatic rings. The van der Waals surface area contributed by atoms with Gasteiger partial charge >= 0.3 is 0 Å². The van der Waals surface area contributed by atoms with E-state index in [9.17, 15) is 9.59 Å². The third-order valence-corrected chi connectivity index (χ3v) is 3.41. The van der Waals surface area contributed by atoms with Gasteiger partial charge in [0.2, 0.25) is 5.82 Å². The summed E-state index contributed by atoms with van der Waals surface area (Å²) in [4.78, 5) is 29.7. The van der Waals surface area contributed by atoms with Gasteiger partial charge in [0.15, 0.2) is 0 Å². The summed E-state index contributed by atoms with van der Waals surface area (Å²) < 4.78 is 1.77. The lowest BCUT2D eigenvalue weighted by atomic mass is 10.2. The lowest BCUT2D eigenvalue weighted by Gasteiger charge is -2.19. The Hall–Kier alpha value is -2.71. The van der Waals surface area contributed by atoms with Gasteiger partial charge in [-0.15, -0.1) is 5.10 Å². The van der Waals surface area contributed by atoms with Crippen LogP contribution in [-0.4, -0.2) is 49.9 Å². The molecule has 9 nitrogen and oxygen atoms in total. The molecule has 0 spiro atoms. The second-order valence-electron chi connectivity index (χ2n) is 4.90. The van der Waals surface area contributed by atoms with Gasteiger partial charge in [-0.25, -0.2) is 9.67 Å². The van der Waals surface area contributed by atoms with Crippen LogP contribution in [0.4, 0.5) is 5.82 Å². The van der Waals surface area contributed by atoms with Gasteiger partial charge in [0.1, 0.15) is 18.2 Å². The van der Waals surface area contributed by atoms with Crippen LogP contribution < -0.4 is 10.2 Å². The highest BCUT2D eigenvalue weighted by Crippen LogP contribution is 2.20. The normalized spacial score (nSPS) is 18.3. The summed E-state index contributed by atoms with van der Waals surface area (Å²) in [5.74, 6) is 0.0895. The van der Waals surface area contributed by atoms with Crippen molar-refractivity contribution >= 4 is 17.6 Å². The van der Waals surface area contributed by atoms with Crippen LogP contribution in [0.15, 0.2) is 12.4 Å². The van der Waals surface area contributed by atoms with E-state index >= 15 is 0 Å². The van der Waals surface area contributed by atoms with Crippen LogP contribution in [-0.2, 0) is 11.3 Å². The number of aryl methyl sites for hydroxylation is 2. The van der Waals surface area contributed by atoms with Gasteiger partial charge in [0.05, 0.1) is 5.69 Å². The monoisotopic (exact) mass is 289 g/mol. The van der Waals surface area contributed by atoms with Crippen LogP contribution in [0.2, 0.25) is 0 Å². The van der Waals surface area contributed by atoms with Crippen LogP contribution in [0, 0.1) is 6.92 Å². The van der Waals surface area contributed by atoms with E-state index in [1.165, 1.54) is 11.2 Å². The summed E-state index contributed by atoms with van der Waals surface area (Å²) in [5, 5.41) is 13.2. The van der Waals surface area contributed by atoms with E-state index in [0.717, 1.165) is 11.5 Å². The van der Waals surface area contributed by atoms with Crippen LogP contribution in [0.25, 0.3) is 0 Å². The molecule has 2 aromatic heterocycles. The zero-order valence-electron chi connectivity index (χ0n) is 11.7. The van der Waals surface area contributed by atoms with Gasteiger partial charge in [0, 0.05) is 19.7 Å². The van der Waals surface area contributed by atoms with Crippen molar-refractivity contribution in [2.24, 2.45) is 0 Å². The number of H-pyrrole nitrogens is 1. The van der Waals surface area contributed by atoms with Crippen molar-refractivity contribution in [3.8, 4) is 0 Å². The maximum atomic E-state index is 12.4. The van der Waals surface area contributed by atoms with E-state index in [1.54, 1.807) is 11.7 Å². The SMILES string of the molecule is Cc1cc2n(n1)CC[C@@H](NC(=O)c1nc[nH]n1)C(=O)N2C. The Morgan fingerprint density at radius 2 is 2.33 bits per heavy atom. The van der Waals surface area contributed by atoms with Gasteiger partial charge in [-0.1, -0.05) is 0 Å². The van der Waals surface area contributed by atoms with Gasteiger partial charge < -0.3 is 5.32 Å². The number of aromatic nitrogens is 5. The molecule has 0 unspecified atom stereocenters. The number of rotatable bonds is 2. The first-order chi connectivity index (χ1) is 10.1. The lowest BCUT2D eigenvalue weighted by Crippen LogP contribution is -2.47. The largest absolute Gasteiger partial charge is 0.337 e. The number of hydrogen-bond acceptors (Lipinski definition) is 5. The summed E-state index contributed by atoms with van der Waals surface area (Å²) in [6.45, 7) is 2.43. The maximum Gasteiger partial charge on any atom is 0.291 e. The van der Waals surface area contributed by atoms with E-state index in [4.69, 9.17) is 0 Å². The van der Waals surface area contributed by atoms with E-state index in [1.807, 2.05) is 13.0 Å². The standard InChI is InChI=1S/C12H15N7O2/c1-7-5-9-18(2)12(21)8(3-4-19(9)17-7)15-11(20)10-13-6-14-16-10/h5-6,8H,3-4H2,1-2H3,(H,15,20)(H,13,14,16)/t8-/m1/s1. The Labute approximate surface area is 120 Å². The molecule has 2 amide bonds. The zero-order chi connectivity index (χ0) is 15.0. The molecule has 1 aliphatic rings. The lowest BCUT2D eigenvalue weighted by molar-refractivity contribution is -0.120. The number of carbonyl (C=O) groups excluding carboxylic acids is 2. The maximum absolute atomic E-state index is 12.4. The highest BCUT2D eigenvalue weighted by atomic mass is 16.2. The molecule has 3 heterocycles. The number of fused-ring (bicyclic) bond motifs is 1. The molecule has 9 heteroatoms. The number of nitrogens with one attached hydrogen (secondary N) is 2. The van der Waals surface area contributed by atoms with Crippen molar-refractivity contribution in [1.82, 2.24) is 30.3 Å². The molecule has 0 saturated heterocycles. The molecule has 1 atom stereocenters. The highest BCUT2D eigenvalue weighted by Gasteiger charge is 2.30. The summed E-state index contributed by atoms with van der Waals surface area (Å²) in [7, 11) is 1.67. The van der Waals surface area contributed by atoms with Crippen molar-refractivity contribution in [2.75, 3.05) is 11.9 Å². The van der Waals surface area contributed by atoms with E-state index in [0.29, 0.717) is 13.0 Å². The van der Waals surface area contributed by atoms with Gasteiger partial charge in [-0.05, 0) is 13.3 Å². The van der Waals surface area contributed by atoms with Crippen molar-refractivity contribution in [3.05, 3.63) is 23.9 Å². The molecule has 0 radical (unpaired) electrons. The predicted molar refractivity (Wildman–Crippen MR) is 72.6 cm³/mol. The highest BCUT2D eigenvalue weighted by molar-refractivity contribution is 6.00. The summed E-state index contributed by atoms with van der Waals surface area (Å²) in [6, 6.07) is 1.22. The molecule has 0 fully saturated rings. The molecule has 2 N–H and O–H groups in total. The molecular formula is C12H15N7O2. The van der Waals surface area contributed by atoms with E-state index in [-0.39, 0.29) is 11.7 Å². The molecule has 21 heavy (non-hydrogen) atoms. The van der Waals surface area contributed by atoms with Crippen LogP contribution >= 0.6 is 0 Å². The average Bonchev–Trinajstić information content (AvgIpc) is 3.09. The van der Waals surface area contributed by atoms with Gasteiger partial charge in [-0.3, -0.25) is 19.6 Å². The zero-order valence-corrected chi connectivity index (χ0v) is 11.7. The Morgan fingerprint density at radius 3 is 3.05 bits per heavy atom. The molecule has 0 aromatic carbocycles. The molecule has 0 bridgehead atoms. The number of likely N-dealkylation sites (N-methyl/N-ethyl adjacent to an activating group) is 1. The van der Waals surface area contributed by atoms with E-state index < -0.39 is 11.9 Å². The smallest absolute Gasteiger partial charge is 0.291 e. The van der Waals surface area contributed by atoms with Crippen molar-refractivity contribution in [2.45, 2.75) is 25.9 Å². The number of anilines is 1. The first-order valence-corrected chi connectivity index (χ1v) is 6.55. The summed E-state index contributed by atoms with van der Waals surface area (Å²) >= 11 is 0. The Kier molecular flexibility index (Phi) is 3.16. The molecule has 3 rings (SSSR count). The fourth-order valence-corrected chi connectivity index (χ4v) is 2.36. The quantitative estimate of drug-likeness (QED) is 0.773. The minimum Gasteiger partial charge on any atom is -0.337 e. The second-order valence-corrected chi connectivity index (χ2v) is 4.90. The number of nitrogens with zero attached hydrogens (tertiary/aromatic N) is 5. The molecule has 0 saturated carbocycles. The topological polar surface area (TPSA) is 109 Å². The fourth-order valence-electron chi connectivity index (χ4n) is 2.36. The minimum absolute atomic E-state index is 0.0169. The average molecular weight is 289 g/mol.